The summed E-state index contributed by atoms with van der Waals surface area (Å²) in [5.74, 6) is -0.717. The van der Waals surface area contributed by atoms with Crippen molar-refractivity contribution in [1.29, 1.82) is 0 Å². The average molecular weight is 329 g/mol. The highest BCUT2D eigenvalue weighted by Gasteiger charge is 2.26. The lowest BCUT2D eigenvalue weighted by molar-refractivity contribution is 0.0596. The van der Waals surface area contributed by atoms with Gasteiger partial charge in [-0.25, -0.2) is 10.2 Å². The van der Waals surface area contributed by atoms with Gasteiger partial charge in [0.05, 0.1) is 18.0 Å². The van der Waals surface area contributed by atoms with Crippen LogP contribution in [0.3, 0.4) is 0 Å². The Kier molecular flexibility index (Phi) is 4.86. The Hall–Kier alpha value is -1.58. The van der Waals surface area contributed by atoms with Crippen molar-refractivity contribution < 1.29 is 17.9 Å². The Morgan fingerprint density at radius 2 is 2.14 bits per heavy atom. The molecule has 114 valence electrons. The molecule has 1 aliphatic rings. The highest BCUT2D eigenvalue weighted by Crippen LogP contribution is 2.23. The first-order chi connectivity index (χ1) is 9.97. The molecule has 1 atom stereocenters. The Morgan fingerprint density at radius 3 is 2.76 bits per heavy atom. The summed E-state index contributed by atoms with van der Waals surface area (Å²) in [6.45, 7) is 1.97. The van der Waals surface area contributed by atoms with Crippen LogP contribution in [0.25, 0.3) is 0 Å². The molecule has 0 amide bonds. The highest BCUT2D eigenvalue weighted by atomic mass is 32.2. The van der Waals surface area contributed by atoms with Gasteiger partial charge in [-0.05, 0) is 18.6 Å². The summed E-state index contributed by atoms with van der Waals surface area (Å²) in [5, 5.41) is 0.316. The van der Waals surface area contributed by atoms with E-state index >= 15 is 0 Å². The summed E-state index contributed by atoms with van der Waals surface area (Å²) in [4.78, 5) is 11.5. The SMILES string of the molecule is CCC1NNC(=NS(=O)(=O)c2ccccc2C(=O)OC)S1. The number of hydrogen-bond acceptors (Lipinski definition) is 6. The lowest BCUT2D eigenvalue weighted by Gasteiger charge is -2.06. The molecule has 0 bridgehead atoms. The largest absolute Gasteiger partial charge is 0.465 e. The third-order valence-corrected chi connectivity index (χ3v) is 5.34. The number of nitrogens with one attached hydrogen (secondary N) is 2. The number of hydrogen-bond donors (Lipinski definition) is 2. The van der Waals surface area contributed by atoms with E-state index < -0.39 is 16.0 Å². The molecule has 1 saturated heterocycles. The van der Waals surface area contributed by atoms with E-state index in [0.29, 0.717) is 0 Å². The molecular formula is C12H15N3O4S2. The topological polar surface area (TPSA) is 96.9 Å². The molecule has 1 heterocycles. The van der Waals surface area contributed by atoms with Crippen molar-refractivity contribution in [3.63, 3.8) is 0 Å². The summed E-state index contributed by atoms with van der Waals surface area (Å²) < 4.78 is 33.0. The first-order valence-electron chi connectivity index (χ1n) is 6.18. The Labute approximate surface area is 127 Å². The molecule has 9 heteroatoms. The van der Waals surface area contributed by atoms with E-state index in [0.717, 1.165) is 6.42 Å². The van der Waals surface area contributed by atoms with Crippen LogP contribution in [0.5, 0.6) is 0 Å². The molecule has 1 aromatic rings. The minimum atomic E-state index is -4.00. The lowest BCUT2D eigenvalue weighted by atomic mass is 10.2. The Bertz CT molecular complexity index is 673. The van der Waals surface area contributed by atoms with Gasteiger partial charge in [-0.15, -0.1) is 4.40 Å². The van der Waals surface area contributed by atoms with E-state index in [-0.39, 0.29) is 21.0 Å². The first-order valence-corrected chi connectivity index (χ1v) is 8.50. The second-order valence-electron chi connectivity index (χ2n) is 4.14. The van der Waals surface area contributed by atoms with Gasteiger partial charge in [-0.3, -0.25) is 5.43 Å². The van der Waals surface area contributed by atoms with Crippen molar-refractivity contribution in [3.8, 4) is 0 Å². The van der Waals surface area contributed by atoms with Crippen molar-refractivity contribution in [3.05, 3.63) is 29.8 Å². The monoisotopic (exact) mass is 329 g/mol. The number of hydrazine groups is 1. The maximum absolute atomic E-state index is 12.3. The molecule has 2 rings (SSSR count). The van der Waals surface area contributed by atoms with Crippen LogP contribution in [0.4, 0.5) is 0 Å². The highest BCUT2D eigenvalue weighted by molar-refractivity contribution is 8.15. The van der Waals surface area contributed by atoms with Crippen molar-refractivity contribution in [2.24, 2.45) is 4.40 Å². The Morgan fingerprint density at radius 1 is 1.43 bits per heavy atom. The van der Waals surface area contributed by atoms with E-state index in [9.17, 15) is 13.2 Å². The number of esters is 1. The maximum Gasteiger partial charge on any atom is 0.339 e. The summed E-state index contributed by atoms with van der Waals surface area (Å²) >= 11 is 1.28. The van der Waals surface area contributed by atoms with Crippen LogP contribution >= 0.6 is 11.8 Å². The molecule has 0 aliphatic carbocycles. The fourth-order valence-corrected chi connectivity index (χ4v) is 3.87. The van der Waals surface area contributed by atoms with Crippen molar-refractivity contribution in [2.45, 2.75) is 23.6 Å². The van der Waals surface area contributed by atoms with Crippen LogP contribution < -0.4 is 10.9 Å². The molecule has 1 aliphatic heterocycles. The van der Waals surface area contributed by atoms with Gasteiger partial charge in [-0.1, -0.05) is 30.8 Å². The van der Waals surface area contributed by atoms with E-state index in [4.69, 9.17) is 0 Å². The first kappa shape index (κ1) is 15.8. The zero-order valence-corrected chi connectivity index (χ0v) is 13.1. The quantitative estimate of drug-likeness (QED) is 0.798. The van der Waals surface area contributed by atoms with E-state index in [2.05, 4.69) is 20.0 Å². The number of nitrogens with zero attached hydrogens (tertiary/aromatic N) is 1. The number of sulfonamides is 1. The Balaban J connectivity index is 2.37. The van der Waals surface area contributed by atoms with Crippen molar-refractivity contribution in [1.82, 2.24) is 10.9 Å². The fourth-order valence-electron chi connectivity index (χ4n) is 1.69. The number of ether oxygens (including phenoxy) is 1. The second kappa shape index (κ2) is 6.46. The molecule has 0 spiro atoms. The van der Waals surface area contributed by atoms with Crippen molar-refractivity contribution >= 4 is 32.9 Å². The molecule has 2 N–H and O–H groups in total. The molecule has 1 fully saturated rings. The molecule has 1 unspecified atom stereocenters. The minimum Gasteiger partial charge on any atom is -0.465 e. The van der Waals surface area contributed by atoms with E-state index in [1.165, 1.54) is 37.1 Å². The van der Waals surface area contributed by atoms with Crippen LogP contribution in [-0.4, -0.2) is 32.0 Å². The predicted molar refractivity (Wildman–Crippen MR) is 80.3 cm³/mol. The molecule has 1 aromatic carbocycles. The van der Waals surface area contributed by atoms with E-state index in [1.807, 2.05) is 6.92 Å². The third kappa shape index (κ3) is 3.55. The van der Waals surface area contributed by atoms with Crippen LogP contribution in [-0.2, 0) is 14.8 Å². The molecule has 21 heavy (non-hydrogen) atoms. The second-order valence-corrected chi connectivity index (χ2v) is 6.91. The number of carbonyl (C=O) groups is 1. The number of amidine groups is 1. The van der Waals surface area contributed by atoms with Crippen molar-refractivity contribution in [2.75, 3.05) is 7.11 Å². The van der Waals surface area contributed by atoms with Crippen LogP contribution in [0, 0.1) is 0 Å². The molecule has 7 nitrogen and oxygen atoms in total. The smallest absolute Gasteiger partial charge is 0.339 e. The van der Waals surface area contributed by atoms with Crippen LogP contribution in [0.1, 0.15) is 23.7 Å². The number of methoxy groups -OCH3 is 1. The summed E-state index contributed by atoms with van der Waals surface area (Å²) in [7, 11) is -2.80. The van der Waals surface area contributed by atoms with Gasteiger partial charge >= 0.3 is 5.97 Å². The zero-order chi connectivity index (χ0) is 15.5. The number of thioether (sulfide) groups is 1. The molecule has 0 radical (unpaired) electrons. The maximum atomic E-state index is 12.3. The number of carbonyl (C=O) groups excluding carboxylic acids is 1. The normalized spacial score (nSPS) is 20.3. The van der Waals surface area contributed by atoms with Gasteiger partial charge in [0, 0.05) is 0 Å². The third-order valence-electron chi connectivity index (χ3n) is 2.74. The molecule has 0 saturated carbocycles. The van der Waals surface area contributed by atoms with E-state index in [1.54, 1.807) is 6.07 Å². The average Bonchev–Trinajstić information content (AvgIpc) is 2.93. The van der Waals surface area contributed by atoms with Gasteiger partial charge in [-0.2, -0.15) is 8.42 Å². The zero-order valence-electron chi connectivity index (χ0n) is 11.5. The predicted octanol–water partition coefficient (Wildman–Crippen LogP) is 1.09. The molecule has 0 aromatic heterocycles. The number of rotatable bonds is 4. The van der Waals surface area contributed by atoms with Gasteiger partial charge in [0.2, 0.25) is 0 Å². The summed E-state index contributed by atoms with van der Waals surface area (Å²) in [6.07, 6.45) is 0.815. The van der Waals surface area contributed by atoms with Gasteiger partial charge in [0.25, 0.3) is 10.0 Å². The van der Waals surface area contributed by atoms with Gasteiger partial charge in [0.15, 0.2) is 5.17 Å². The lowest BCUT2D eigenvalue weighted by Crippen LogP contribution is -2.31. The number of benzene rings is 1. The van der Waals surface area contributed by atoms with Crippen LogP contribution in [0.2, 0.25) is 0 Å². The fraction of sp³-hybridized carbons (Fsp3) is 0.333. The standard InChI is InChI=1S/C12H15N3O4S2/c1-3-10-13-14-12(20-10)15-21(17,18)9-7-5-4-6-8(9)11(16)19-2/h4-7,10,13H,3H2,1-2H3,(H,14,15). The van der Waals surface area contributed by atoms with Gasteiger partial charge in [0.1, 0.15) is 4.90 Å². The van der Waals surface area contributed by atoms with Crippen LogP contribution in [0.15, 0.2) is 33.6 Å². The minimum absolute atomic E-state index is 0.0349. The molecular weight excluding hydrogens is 314 g/mol. The summed E-state index contributed by atoms with van der Waals surface area (Å²) in [5.41, 5.74) is 5.58. The summed E-state index contributed by atoms with van der Waals surface area (Å²) in [6, 6.07) is 5.81. The van der Waals surface area contributed by atoms with Gasteiger partial charge < -0.3 is 4.74 Å².